The fraction of sp³-hybridized carbons (Fsp3) is 0.650. The summed E-state index contributed by atoms with van der Waals surface area (Å²) < 4.78 is 39.3. The first-order valence-corrected chi connectivity index (χ1v) is 11.4. The van der Waals surface area contributed by atoms with Crippen LogP contribution in [0.2, 0.25) is 0 Å². The highest BCUT2D eigenvalue weighted by atomic mass is 32.2. The minimum Gasteiger partial charge on any atom is -0.457 e. The van der Waals surface area contributed by atoms with E-state index in [1.165, 1.54) is 5.56 Å². The van der Waals surface area contributed by atoms with Gasteiger partial charge in [0.15, 0.2) is 0 Å². The molecule has 0 bridgehead atoms. The maximum absolute atomic E-state index is 12.5. The van der Waals surface area contributed by atoms with Gasteiger partial charge in [-0.15, -0.1) is 4.40 Å². The number of piperidine rings is 1. The van der Waals surface area contributed by atoms with Crippen LogP contribution in [0.1, 0.15) is 43.7 Å². The third-order valence-electron chi connectivity index (χ3n) is 6.26. The van der Waals surface area contributed by atoms with E-state index < -0.39 is 20.9 Å². The summed E-state index contributed by atoms with van der Waals surface area (Å²) in [5.74, 6) is 0.564. The Morgan fingerprint density at radius 3 is 2.36 bits per heavy atom. The molecule has 1 aromatic carbocycles. The molecular weight excluding hydrogens is 378 g/mol. The molecule has 0 amide bonds. The van der Waals surface area contributed by atoms with E-state index in [1.54, 1.807) is 13.8 Å². The van der Waals surface area contributed by atoms with Gasteiger partial charge in [0.05, 0.1) is 19.3 Å². The first kappa shape index (κ1) is 19.7. The zero-order chi connectivity index (χ0) is 19.9. The van der Waals surface area contributed by atoms with Gasteiger partial charge < -0.3 is 15.2 Å². The maximum atomic E-state index is 12.5. The highest BCUT2D eigenvalue weighted by Crippen LogP contribution is 2.32. The van der Waals surface area contributed by atoms with Crippen LogP contribution in [0.25, 0.3) is 0 Å². The molecule has 3 aliphatic rings. The van der Waals surface area contributed by atoms with Gasteiger partial charge in [-0.05, 0) is 63.2 Å². The van der Waals surface area contributed by atoms with Crippen molar-refractivity contribution >= 4 is 16.0 Å². The summed E-state index contributed by atoms with van der Waals surface area (Å²) in [6, 6.07) is 8.69. The Morgan fingerprint density at radius 2 is 1.82 bits per heavy atom. The van der Waals surface area contributed by atoms with Crippen LogP contribution in [0.3, 0.4) is 0 Å². The third-order valence-corrected chi connectivity index (χ3v) is 8.15. The molecule has 2 fully saturated rings. The summed E-state index contributed by atoms with van der Waals surface area (Å²) in [6.45, 7) is 7.47. The average molecular weight is 408 g/mol. The summed E-state index contributed by atoms with van der Waals surface area (Å²) in [5, 5.41) is -0.758. The smallest absolute Gasteiger partial charge is 0.298 e. The van der Waals surface area contributed by atoms with Crippen LogP contribution in [0.5, 0.6) is 0 Å². The molecule has 0 aromatic heterocycles. The molecule has 154 valence electrons. The number of amidine groups is 1. The lowest BCUT2D eigenvalue weighted by atomic mass is 9.87. The summed E-state index contributed by atoms with van der Waals surface area (Å²) >= 11 is 0. The molecule has 4 rings (SSSR count). The first-order valence-electron chi connectivity index (χ1n) is 9.93. The molecule has 2 N–H and O–H groups in total. The van der Waals surface area contributed by atoms with Crippen LogP contribution >= 0.6 is 0 Å². The maximum Gasteiger partial charge on any atom is 0.298 e. The van der Waals surface area contributed by atoms with Gasteiger partial charge in [0.1, 0.15) is 10.9 Å². The molecule has 0 aliphatic carbocycles. The lowest BCUT2D eigenvalue weighted by Crippen LogP contribution is -2.51. The monoisotopic (exact) mass is 407 g/mol. The molecule has 1 aromatic rings. The van der Waals surface area contributed by atoms with Crippen molar-refractivity contribution in [2.45, 2.75) is 55.9 Å². The standard InChI is InChI=1S/C20H29N3O4S/c1-20(2)18(28(24,25)22-19(21)27-20)11-14-3-5-15(6-4-14)16-7-9-23(10-8-16)17-12-26-13-17/h3-6,16-18H,7-13H2,1-2H3,(H2,21,22)/t18-/m0/s1. The molecule has 7 nitrogen and oxygen atoms in total. The van der Waals surface area contributed by atoms with Gasteiger partial charge in [-0.2, -0.15) is 0 Å². The first-order chi connectivity index (χ1) is 13.2. The molecule has 28 heavy (non-hydrogen) atoms. The molecular formula is C20H29N3O4S. The zero-order valence-corrected chi connectivity index (χ0v) is 17.3. The van der Waals surface area contributed by atoms with Crippen molar-refractivity contribution in [2.75, 3.05) is 26.3 Å². The minimum atomic E-state index is -3.70. The predicted octanol–water partition coefficient (Wildman–Crippen LogP) is 1.63. The fourth-order valence-corrected chi connectivity index (χ4v) is 6.01. The SMILES string of the molecule is CC1(C)OC(N)=NS(=O)(=O)[C@H]1Cc1ccc(C2CCN(C3COC3)CC2)cc1. The Labute approximate surface area is 167 Å². The van der Waals surface area contributed by atoms with E-state index in [9.17, 15) is 8.42 Å². The van der Waals surface area contributed by atoms with E-state index >= 15 is 0 Å². The molecule has 1 atom stereocenters. The quantitative estimate of drug-likeness (QED) is 0.815. The summed E-state index contributed by atoms with van der Waals surface area (Å²) in [5.41, 5.74) is 6.91. The number of nitrogens with two attached hydrogens (primary N) is 1. The van der Waals surface area contributed by atoms with Crippen molar-refractivity contribution in [1.29, 1.82) is 0 Å². The van der Waals surface area contributed by atoms with Crippen LogP contribution in [0, 0.1) is 0 Å². The summed E-state index contributed by atoms with van der Waals surface area (Å²) in [4.78, 5) is 2.54. The number of likely N-dealkylation sites (tertiary alicyclic amines) is 1. The Morgan fingerprint density at radius 1 is 1.18 bits per heavy atom. The van der Waals surface area contributed by atoms with Gasteiger partial charge in [-0.1, -0.05) is 24.3 Å². The highest BCUT2D eigenvalue weighted by molar-refractivity contribution is 7.91. The topological polar surface area (TPSA) is 94.2 Å². The predicted molar refractivity (Wildman–Crippen MR) is 108 cm³/mol. The van der Waals surface area contributed by atoms with Crippen LogP contribution in [0.15, 0.2) is 28.7 Å². The molecule has 8 heteroatoms. The number of nitrogens with zero attached hydrogens (tertiary/aromatic N) is 2. The lowest BCUT2D eigenvalue weighted by molar-refractivity contribution is -0.0712. The molecule has 0 radical (unpaired) electrons. The number of rotatable bonds is 4. The highest BCUT2D eigenvalue weighted by Gasteiger charge is 2.45. The summed E-state index contributed by atoms with van der Waals surface area (Å²) in [7, 11) is -3.70. The van der Waals surface area contributed by atoms with Crippen molar-refractivity contribution in [3.63, 3.8) is 0 Å². The molecule has 0 unspecified atom stereocenters. The minimum absolute atomic E-state index is 0.281. The molecule has 0 saturated carbocycles. The van der Waals surface area contributed by atoms with Crippen LogP contribution in [-0.4, -0.2) is 62.5 Å². The number of sulfonamides is 1. The van der Waals surface area contributed by atoms with E-state index in [4.69, 9.17) is 15.2 Å². The number of ether oxygens (including phenoxy) is 2. The largest absolute Gasteiger partial charge is 0.457 e. The zero-order valence-electron chi connectivity index (χ0n) is 16.5. The van der Waals surface area contributed by atoms with Gasteiger partial charge >= 0.3 is 0 Å². The molecule has 3 heterocycles. The molecule has 3 aliphatic heterocycles. The van der Waals surface area contributed by atoms with E-state index in [1.807, 2.05) is 12.1 Å². The van der Waals surface area contributed by atoms with Crippen LogP contribution in [-0.2, 0) is 25.9 Å². The normalized spacial score (nSPS) is 28.2. The number of hydrogen-bond donors (Lipinski definition) is 1. The Hall–Kier alpha value is -1.64. The van der Waals surface area contributed by atoms with E-state index in [-0.39, 0.29) is 6.02 Å². The van der Waals surface area contributed by atoms with E-state index in [0.717, 1.165) is 44.7 Å². The van der Waals surface area contributed by atoms with Crippen molar-refractivity contribution in [3.05, 3.63) is 35.4 Å². The van der Waals surface area contributed by atoms with Crippen molar-refractivity contribution in [3.8, 4) is 0 Å². The molecule has 2 saturated heterocycles. The second-order valence-corrected chi connectivity index (χ2v) is 10.4. The van der Waals surface area contributed by atoms with E-state index in [0.29, 0.717) is 18.4 Å². The third kappa shape index (κ3) is 3.90. The number of benzene rings is 1. The van der Waals surface area contributed by atoms with E-state index in [2.05, 4.69) is 21.4 Å². The Bertz CT molecular complexity index is 839. The second-order valence-electron chi connectivity index (χ2n) is 8.59. The van der Waals surface area contributed by atoms with Gasteiger partial charge in [-0.25, -0.2) is 8.42 Å². The fourth-order valence-electron chi connectivity index (χ4n) is 4.42. The van der Waals surface area contributed by atoms with Gasteiger partial charge in [0.2, 0.25) is 0 Å². The van der Waals surface area contributed by atoms with Crippen LogP contribution < -0.4 is 5.73 Å². The molecule has 0 spiro atoms. The van der Waals surface area contributed by atoms with Crippen LogP contribution in [0.4, 0.5) is 0 Å². The summed E-state index contributed by atoms with van der Waals surface area (Å²) in [6.07, 6.45) is 2.66. The Balaban J connectivity index is 1.41. The van der Waals surface area contributed by atoms with Gasteiger partial charge in [0, 0.05) is 0 Å². The van der Waals surface area contributed by atoms with Gasteiger partial charge in [-0.3, -0.25) is 4.90 Å². The average Bonchev–Trinajstić information content (AvgIpc) is 2.57. The second kappa shape index (κ2) is 7.31. The number of hydrogen-bond acceptors (Lipinski definition) is 6. The van der Waals surface area contributed by atoms with Crippen molar-refractivity contribution in [2.24, 2.45) is 10.1 Å². The lowest BCUT2D eigenvalue weighted by Gasteiger charge is -2.41. The van der Waals surface area contributed by atoms with Gasteiger partial charge in [0.25, 0.3) is 16.0 Å². The van der Waals surface area contributed by atoms with Crippen molar-refractivity contribution in [1.82, 2.24) is 4.90 Å². The Kier molecular flexibility index (Phi) is 5.14. The van der Waals surface area contributed by atoms with Crippen molar-refractivity contribution < 1.29 is 17.9 Å².